The van der Waals surface area contributed by atoms with Gasteiger partial charge in [0.2, 0.25) is 17.6 Å². The molecule has 0 bridgehead atoms. The Bertz CT molecular complexity index is 731. The zero-order valence-corrected chi connectivity index (χ0v) is 18.0. The predicted octanol–water partition coefficient (Wildman–Crippen LogP) is 1.84. The number of thiophene rings is 1. The standard InChI is InChI=1S/C17H23N5O3S.2ClH/c1-12(16-19-15(20-25-16)14-3-2-10-26-14)21-5-7-22(8-6-21)17(23)13-11-24-9-4-18-13;;/h2-3,10,12-13,18H,4-9,11H2,1H3;2*1H. The highest BCUT2D eigenvalue weighted by atomic mass is 35.5. The Kier molecular flexibility index (Phi) is 8.66. The highest BCUT2D eigenvalue weighted by molar-refractivity contribution is 7.13. The summed E-state index contributed by atoms with van der Waals surface area (Å²) in [5, 5.41) is 9.32. The first-order chi connectivity index (χ1) is 12.7. The number of rotatable bonds is 4. The number of nitrogens with one attached hydrogen (secondary N) is 1. The van der Waals surface area contributed by atoms with E-state index in [1.807, 2.05) is 22.4 Å². The van der Waals surface area contributed by atoms with Crippen LogP contribution in [0.5, 0.6) is 0 Å². The number of amides is 1. The molecule has 2 aromatic rings. The van der Waals surface area contributed by atoms with Gasteiger partial charge in [-0.15, -0.1) is 36.2 Å². The number of carbonyl (C=O) groups excluding carboxylic acids is 1. The molecule has 11 heteroatoms. The number of nitrogens with zero attached hydrogens (tertiary/aromatic N) is 4. The van der Waals surface area contributed by atoms with E-state index in [4.69, 9.17) is 9.26 Å². The van der Waals surface area contributed by atoms with Crippen LogP contribution in [0.3, 0.4) is 0 Å². The van der Waals surface area contributed by atoms with Crippen molar-refractivity contribution in [2.75, 3.05) is 45.9 Å². The number of aromatic nitrogens is 2. The third kappa shape index (κ3) is 5.03. The lowest BCUT2D eigenvalue weighted by Crippen LogP contribution is -2.57. The summed E-state index contributed by atoms with van der Waals surface area (Å²) in [5.74, 6) is 1.39. The monoisotopic (exact) mass is 449 g/mol. The van der Waals surface area contributed by atoms with Crippen LogP contribution in [0.2, 0.25) is 0 Å². The zero-order valence-electron chi connectivity index (χ0n) is 15.6. The molecule has 2 unspecified atom stereocenters. The maximum Gasteiger partial charge on any atom is 0.244 e. The van der Waals surface area contributed by atoms with Gasteiger partial charge in [0, 0.05) is 32.7 Å². The Morgan fingerprint density at radius 3 is 2.75 bits per heavy atom. The first kappa shape index (κ1) is 23.1. The highest BCUT2D eigenvalue weighted by Crippen LogP contribution is 2.25. The van der Waals surface area contributed by atoms with Crippen LogP contribution in [-0.4, -0.2) is 77.8 Å². The van der Waals surface area contributed by atoms with Crippen molar-refractivity contribution < 1.29 is 14.1 Å². The normalized spacial score (nSPS) is 21.5. The van der Waals surface area contributed by atoms with Crippen LogP contribution in [0, 0.1) is 0 Å². The first-order valence-corrected chi connectivity index (χ1v) is 9.82. The van der Waals surface area contributed by atoms with Crippen molar-refractivity contribution in [2.45, 2.75) is 19.0 Å². The SMILES string of the molecule is CC(c1nc(-c2cccs2)no1)N1CCN(C(=O)C2COCCN2)CC1.Cl.Cl. The number of ether oxygens (including phenoxy) is 1. The van der Waals surface area contributed by atoms with Gasteiger partial charge in [-0.1, -0.05) is 11.2 Å². The van der Waals surface area contributed by atoms with Crippen molar-refractivity contribution in [3.05, 3.63) is 23.4 Å². The fourth-order valence-electron chi connectivity index (χ4n) is 3.34. The minimum absolute atomic E-state index is 0. The van der Waals surface area contributed by atoms with Crippen LogP contribution in [0.25, 0.3) is 10.7 Å². The van der Waals surface area contributed by atoms with Gasteiger partial charge in [0.1, 0.15) is 6.04 Å². The number of piperazine rings is 1. The molecule has 0 spiro atoms. The molecule has 1 amide bonds. The summed E-state index contributed by atoms with van der Waals surface area (Å²) in [6.07, 6.45) is 0. The van der Waals surface area contributed by atoms with Crippen molar-refractivity contribution in [3.8, 4) is 10.7 Å². The lowest BCUT2D eigenvalue weighted by atomic mass is 10.2. The van der Waals surface area contributed by atoms with Gasteiger partial charge in [0.15, 0.2) is 0 Å². The van der Waals surface area contributed by atoms with E-state index in [0.29, 0.717) is 38.0 Å². The Morgan fingerprint density at radius 1 is 1.32 bits per heavy atom. The number of hydrogen-bond acceptors (Lipinski definition) is 8. The Morgan fingerprint density at radius 2 is 2.11 bits per heavy atom. The summed E-state index contributed by atoms with van der Waals surface area (Å²) in [7, 11) is 0. The average molecular weight is 450 g/mol. The van der Waals surface area contributed by atoms with Gasteiger partial charge in [0.05, 0.1) is 24.1 Å². The van der Waals surface area contributed by atoms with E-state index in [9.17, 15) is 4.79 Å². The summed E-state index contributed by atoms with van der Waals surface area (Å²) in [6, 6.07) is 3.78. The zero-order chi connectivity index (χ0) is 17.9. The molecule has 0 saturated carbocycles. The maximum atomic E-state index is 12.6. The summed E-state index contributed by atoms with van der Waals surface area (Å²) in [6.45, 7) is 6.92. The summed E-state index contributed by atoms with van der Waals surface area (Å²) in [5.41, 5.74) is 0. The van der Waals surface area contributed by atoms with Crippen molar-refractivity contribution in [1.82, 2.24) is 25.3 Å². The summed E-state index contributed by atoms with van der Waals surface area (Å²) >= 11 is 1.59. The second kappa shape index (κ2) is 10.5. The second-order valence-electron chi connectivity index (χ2n) is 6.55. The molecule has 8 nitrogen and oxygen atoms in total. The van der Waals surface area contributed by atoms with Gasteiger partial charge in [0.25, 0.3) is 0 Å². The lowest BCUT2D eigenvalue weighted by Gasteiger charge is -2.38. The van der Waals surface area contributed by atoms with Crippen LogP contribution >= 0.6 is 36.2 Å². The molecular weight excluding hydrogens is 425 g/mol. The van der Waals surface area contributed by atoms with E-state index in [1.165, 1.54) is 0 Å². The molecule has 4 heterocycles. The number of halogens is 2. The van der Waals surface area contributed by atoms with Gasteiger partial charge in [-0.3, -0.25) is 9.69 Å². The molecule has 4 rings (SSSR count). The molecule has 156 valence electrons. The number of carbonyl (C=O) groups is 1. The Hall–Kier alpha value is -1.23. The average Bonchev–Trinajstić information content (AvgIpc) is 3.39. The fraction of sp³-hybridized carbons (Fsp3) is 0.588. The van der Waals surface area contributed by atoms with E-state index < -0.39 is 0 Å². The molecule has 0 aromatic carbocycles. The number of morpholine rings is 1. The van der Waals surface area contributed by atoms with Crippen LogP contribution in [0.4, 0.5) is 0 Å². The van der Waals surface area contributed by atoms with Crippen molar-refractivity contribution >= 4 is 42.1 Å². The molecule has 2 aromatic heterocycles. The van der Waals surface area contributed by atoms with Crippen LogP contribution in [0.1, 0.15) is 18.9 Å². The van der Waals surface area contributed by atoms with E-state index in [1.54, 1.807) is 11.3 Å². The second-order valence-corrected chi connectivity index (χ2v) is 7.50. The molecular formula is C17H25Cl2N5O3S. The van der Waals surface area contributed by atoms with Gasteiger partial charge in [-0.25, -0.2) is 0 Å². The van der Waals surface area contributed by atoms with Gasteiger partial charge in [-0.2, -0.15) is 4.98 Å². The molecule has 2 aliphatic rings. The topological polar surface area (TPSA) is 83.7 Å². The van der Waals surface area contributed by atoms with Crippen LogP contribution in [-0.2, 0) is 9.53 Å². The first-order valence-electron chi connectivity index (χ1n) is 8.94. The van der Waals surface area contributed by atoms with E-state index in [0.717, 1.165) is 24.5 Å². The van der Waals surface area contributed by atoms with Crippen molar-refractivity contribution in [3.63, 3.8) is 0 Å². The maximum absolute atomic E-state index is 12.6. The molecule has 28 heavy (non-hydrogen) atoms. The minimum Gasteiger partial charge on any atom is -0.378 e. The third-order valence-corrected chi connectivity index (χ3v) is 5.80. The van der Waals surface area contributed by atoms with Gasteiger partial charge < -0.3 is 19.5 Å². The highest BCUT2D eigenvalue weighted by Gasteiger charge is 2.31. The van der Waals surface area contributed by atoms with Crippen LogP contribution in [0.15, 0.2) is 22.0 Å². The molecule has 0 radical (unpaired) electrons. The van der Waals surface area contributed by atoms with Crippen LogP contribution < -0.4 is 5.32 Å². The lowest BCUT2D eigenvalue weighted by molar-refractivity contribution is -0.138. The smallest absolute Gasteiger partial charge is 0.244 e. The molecule has 2 atom stereocenters. The molecule has 2 aliphatic heterocycles. The van der Waals surface area contributed by atoms with E-state index in [2.05, 4.69) is 27.3 Å². The molecule has 0 aliphatic carbocycles. The fourth-order valence-corrected chi connectivity index (χ4v) is 3.99. The van der Waals surface area contributed by atoms with Gasteiger partial charge >= 0.3 is 0 Å². The predicted molar refractivity (Wildman–Crippen MR) is 111 cm³/mol. The Balaban J connectivity index is 0.00000140. The minimum atomic E-state index is -0.211. The quantitative estimate of drug-likeness (QED) is 0.761. The van der Waals surface area contributed by atoms with E-state index in [-0.39, 0.29) is 42.8 Å². The van der Waals surface area contributed by atoms with E-state index >= 15 is 0 Å². The van der Waals surface area contributed by atoms with Crippen molar-refractivity contribution in [2.24, 2.45) is 0 Å². The Labute approximate surface area is 180 Å². The van der Waals surface area contributed by atoms with Crippen molar-refractivity contribution in [1.29, 1.82) is 0 Å². The molecule has 2 saturated heterocycles. The largest absolute Gasteiger partial charge is 0.378 e. The number of hydrogen-bond donors (Lipinski definition) is 1. The molecule has 1 N–H and O–H groups in total. The molecule has 2 fully saturated rings. The summed E-state index contributed by atoms with van der Waals surface area (Å²) < 4.78 is 10.9. The summed E-state index contributed by atoms with van der Waals surface area (Å²) in [4.78, 5) is 22.3. The third-order valence-electron chi connectivity index (χ3n) is 4.93. The van der Waals surface area contributed by atoms with Gasteiger partial charge in [-0.05, 0) is 18.4 Å².